The molecule has 1 aliphatic heterocycles. The molecule has 1 aliphatic rings. The van der Waals surface area contributed by atoms with E-state index in [4.69, 9.17) is 0 Å². The summed E-state index contributed by atoms with van der Waals surface area (Å²) >= 11 is 0. The summed E-state index contributed by atoms with van der Waals surface area (Å²) in [6.07, 6.45) is 3.90. The Hall–Kier alpha value is -0.370. The first-order valence-corrected chi connectivity index (χ1v) is 4.06. The van der Waals surface area contributed by atoms with Gasteiger partial charge in [0.2, 0.25) is 0 Å². The predicted molar refractivity (Wildman–Crippen MR) is 44.6 cm³/mol. The monoisotopic (exact) mass is 140 g/mol. The second kappa shape index (κ2) is 4.45. The summed E-state index contributed by atoms with van der Waals surface area (Å²) in [5.74, 6) is 0.909. The summed E-state index contributed by atoms with van der Waals surface area (Å²) in [5.41, 5.74) is 0. The molecule has 0 saturated carbocycles. The molecule has 0 atom stereocenters. The van der Waals surface area contributed by atoms with Crippen molar-refractivity contribution >= 4 is 6.72 Å². The highest BCUT2D eigenvalue weighted by Crippen LogP contribution is 2.14. The Bertz CT molecular complexity index is 95.4. The van der Waals surface area contributed by atoms with Gasteiger partial charge in [0.15, 0.2) is 0 Å². The van der Waals surface area contributed by atoms with Gasteiger partial charge in [-0.15, -0.1) is 0 Å². The van der Waals surface area contributed by atoms with E-state index in [1.165, 1.54) is 32.4 Å². The fourth-order valence-corrected chi connectivity index (χ4v) is 1.44. The van der Waals surface area contributed by atoms with Crippen molar-refractivity contribution in [3.63, 3.8) is 0 Å². The summed E-state index contributed by atoms with van der Waals surface area (Å²) in [6.45, 7) is 6.82. The molecular formula is C8H16N2. The number of nitrogens with zero attached hydrogens (tertiary/aromatic N) is 1. The molecule has 1 saturated heterocycles. The maximum Gasteiger partial charge on any atom is 0.0384 e. The zero-order valence-electron chi connectivity index (χ0n) is 6.47. The molecule has 0 bridgehead atoms. The van der Waals surface area contributed by atoms with Crippen LogP contribution < -0.4 is 5.32 Å². The van der Waals surface area contributed by atoms with Crippen molar-refractivity contribution in [2.45, 2.75) is 19.3 Å². The first kappa shape index (κ1) is 7.73. The van der Waals surface area contributed by atoms with Crippen molar-refractivity contribution in [3.05, 3.63) is 0 Å². The highest BCUT2D eigenvalue weighted by Gasteiger charge is 2.11. The summed E-state index contributed by atoms with van der Waals surface area (Å²) in [4.78, 5) is 3.86. The van der Waals surface area contributed by atoms with Crippen molar-refractivity contribution in [1.82, 2.24) is 5.32 Å². The first-order valence-electron chi connectivity index (χ1n) is 4.06. The zero-order chi connectivity index (χ0) is 7.23. The summed E-state index contributed by atoms with van der Waals surface area (Å²) in [7, 11) is 0. The van der Waals surface area contributed by atoms with E-state index < -0.39 is 0 Å². The fraction of sp³-hybridized carbons (Fsp3) is 0.875. The summed E-state index contributed by atoms with van der Waals surface area (Å²) in [5, 5.41) is 3.34. The molecule has 2 heteroatoms. The highest BCUT2D eigenvalue weighted by molar-refractivity contribution is 5.23. The van der Waals surface area contributed by atoms with E-state index in [2.05, 4.69) is 17.0 Å². The second-order valence-electron chi connectivity index (χ2n) is 2.93. The lowest BCUT2D eigenvalue weighted by atomic mass is 9.95. The average Bonchev–Trinajstić information content (AvgIpc) is 2.03. The van der Waals surface area contributed by atoms with E-state index in [0.29, 0.717) is 0 Å². The molecule has 0 aromatic carbocycles. The third-order valence-electron chi connectivity index (χ3n) is 2.15. The van der Waals surface area contributed by atoms with Crippen molar-refractivity contribution in [2.24, 2.45) is 10.9 Å². The van der Waals surface area contributed by atoms with Crippen molar-refractivity contribution in [3.8, 4) is 0 Å². The first-order chi connectivity index (χ1) is 4.93. The van der Waals surface area contributed by atoms with Crippen LogP contribution in [0.3, 0.4) is 0 Å². The maximum absolute atomic E-state index is 3.86. The lowest BCUT2D eigenvalue weighted by molar-refractivity contribution is 0.359. The lowest BCUT2D eigenvalue weighted by Gasteiger charge is -2.21. The largest absolute Gasteiger partial charge is 0.317 e. The number of nitrogens with one attached hydrogen (secondary N) is 1. The molecule has 0 amide bonds. The predicted octanol–water partition coefficient (Wildman–Crippen LogP) is 1.08. The van der Waals surface area contributed by atoms with E-state index in [-0.39, 0.29) is 0 Å². The minimum atomic E-state index is 0.909. The molecule has 0 aromatic heterocycles. The Morgan fingerprint density at radius 1 is 1.40 bits per heavy atom. The molecule has 10 heavy (non-hydrogen) atoms. The lowest BCUT2D eigenvalue weighted by Crippen LogP contribution is -2.27. The van der Waals surface area contributed by atoms with E-state index >= 15 is 0 Å². The Balaban J connectivity index is 2.07. The molecule has 1 N–H and O–H groups in total. The molecule has 1 heterocycles. The summed E-state index contributed by atoms with van der Waals surface area (Å²) in [6, 6.07) is 0. The van der Waals surface area contributed by atoms with Crippen LogP contribution in [-0.2, 0) is 0 Å². The number of hydrogen-bond acceptors (Lipinski definition) is 2. The number of piperidine rings is 1. The standard InChI is InChI=1S/C8H16N2/c1-9-5-2-8-3-6-10-7-4-8/h8,10H,1-7H2. The van der Waals surface area contributed by atoms with Gasteiger partial charge in [-0.1, -0.05) is 0 Å². The van der Waals surface area contributed by atoms with Crippen LogP contribution in [0.4, 0.5) is 0 Å². The Morgan fingerprint density at radius 3 is 2.70 bits per heavy atom. The molecule has 0 unspecified atom stereocenters. The molecule has 1 rings (SSSR count). The van der Waals surface area contributed by atoms with Gasteiger partial charge in [0.25, 0.3) is 0 Å². The summed E-state index contributed by atoms with van der Waals surface area (Å²) < 4.78 is 0. The minimum Gasteiger partial charge on any atom is -0.317 e. The van der Waals surface area contributed by atoms with Gasteiger partial charge in [0.1, 0.15) is 0 Å². The van der Waals surface area contributed by atoms with Gasteiger partial charge in [0.05, 0.1) is 0 Å². The van der Waals surface area contributed by atoms with Crippen LogP contribution in [0, 0.1) is 5.92 Å². The SMILES string of the molecule is C=NCCC1CCNCC1. The van der Waals surface area contributed by atoms with Crippen LogP contribution in [-0.4, -0.2) is 26.4 Å². The van der Waals surface area contributed by atoms with E-state index in [9.17, 15) is 0 Å². The molecule has 1 fully saturated rings. The van der Waals surface area contributed by atoms with Crippen molar-refractivity contribution in [1.29, 1.82) is 0 Å². The quantitative estimate of drug-likeness (QED) is 0.583. The van der Waals surface area contributed by atoms with E-state index in [1.54, 1.807) is 0 Å². The van der Waals surface area contributed by atoms with Gasteiger partial charge in [-0.2, -0.15) is 0 Å². The average molecular weight is 140 g/mol. The number of aliphatic imine (C=N–C) groups is 1. The van der Waals surface area contributed by atoms with Gasteiger partial charge in [-0.3, -0.25) is 0 Å². The van der Waals surface area contributed by atoms with E-state index in [1.807, 2.05) is 0 Å². The highest BCUT2D eigenvalue weighted by atomic mass is 14.9. The van der Waals surface area contributed by atoms with Crippen LogP contribution in [0.15, 0.2) is 4.99 Å². The van der Waals surface area contributed by atoms with Crippen LogP contribution >= 0.6 is 0 Å². The number of hydrogen-bond donors (Lipinski definition) is 1. The smallest absolute Gasteiger partial charge is 0.0384 e. The third-order valence-corrected chi connectivity index (χ3v) is 2.15. The second-order valence-corrected chi connectivity index (χ2v) is 2.93. The maximum atomic E-state index is 3.86. The van der Waals surface area contributed by atoms with Crippen LogP contribution in [0.1, 0.15) is 19.3 Å². The van der Waals surface area contributed by atoms with Gasteiger partial charge < -0.3 is 10.3 Å². The molecule has 0 spiro atoms. The molecule has 0 aromatic rings. The fourth-order valence-electron chi connectivity index (χ4n) is 1.44. The molecular weight excluding hydrogens is 124 g/mol. The Kier molecular flexibility index (Phi) is 3.44. The van der Waals surface area contributed by atoms with Gasteiger partial charge in [-0.25, -0.2) is 0 Å². The molecule has 58 valence electrons. The van der Waals surface area contributed by atoms with Crippen molar-refractivity contribution < 1.29 is 0 Å². The normalized spacial score (nSPS) is 20.8. The number of rotatable bonds is 3. The van der Waals surface area contributed by atoms with Gasteiger partial charge >= 0.3 is 0 Å². The van der Waals surface area contributed by atoms with Crippen molar-refractivity contribution in [2.75, 3.05) is 19.6 Å². The minimum absolute atomic E-state index is 0.909. The van der Waals surface area contributed by atoms with Gasteiger partial charge in [0, 0.05) is 6.54 Å². The topological polar surface area (TPSA) is 24.4 Å². The zero-order valence-corrected chi connectivity index (χ0v) is 6.47. The van der Waals surface area contributed by atoms with E-state index in [0.717, 1.165) is 12.5 Å². The Labute approximate surface area is 62.7 Å². The molecule has 2 nitrogen and oxygen atoms in total. The van der Waals surface area contributed by atoms with Crippen LogP contribution in [0.2, 0.25) is 0 Å². The molecule has 0 radical (unpaired) electrons. The van der Waals surface area contributed by atoms with Crippen LogP contribution in [0.5, 0.6) is 0 Å². The third kappa shape index (κ3) is 2.48. The van der Waals surface area contributed by atoms with Gasteiger partial charge in [-0.05, 0) is 45.0 Å². The molecule has 0 aliphatic carbocycles. The Morgan fingerprint density at radius 2 is 2.10 bits per heavy atom. The van der Waals surface area contributed by atoms with Crippen LogP contribution in [0.25, 0.3) is 0 Å².